The third-order valence-corrected chi connectivity index (χ3v) is 1.86. The molecule has 4 nitrogen and oxygen atoms in total. The van der Waals surface area contributed by atoms with E-state index in [2.05, 4.69) is 9.68 Å². The number of hydrogen-bond donors (Lipinski definition) is 0. The summed E-state index contributed by atoms with van der Waals surface area (Å²) in [5.74, 6) is 0. The average Bonchev–Trinajstić information content (AvgIpc) is 2.18. The summed E-state index contributed by atoms with van der Waals surface area (Å²) in [5.41, 5.74) is 0. The van der Waals surface area contributed by atoms with E-state index >= 15 is 0 Å². The Morgan fingerprint density at radius 3 is 1.12 bits per heavy atom. The second-order valence-electron chi connectivity index (χ2n) is 3.46. The summed E-state index contributed by atoms with van der Waals surface area (Å²) >= 11 is 9.40. The van der Waals surface area contributed by atoms with Gasteiger partial charge in [0.15, 0.2) is 0 Å². The van der Waals surface area contributed by atoms with Crippen LogP contribution in [-0.4, -0.2) is 46.5 Å². The molecule has 0 heterocycles. The minimum atomic E-state index is -6.33. The highest BCUT2D eigenvalue weighted by atomic mass is 35.5. The molecule has 0 atom stereocenters. The zero-order chi connectivity index (χ0) is 19.8. The first-order chi connectivity index (χ1) is 10.2. The second-order valence-corrected chi connectivity index (χ2v) is 4.88. The Kier molecular flexibility index (Phi) is 6.94. The lowest BCUT2D eigenvalue weighted by atomic mass is 10.7. The van der Waals surface area contributed by atoms with Crippen molar-refractivity contribution in [3.8, 4) is 0 Å². The summed E-state index contributed by atoms with van der Waals surface area (Å²) in [4.78, 5) is 5.97. The number of rotatable bonds is 5. The van der Waals surface area contributed by atoms with Crippen LogP contribution in [-0.2, 0) is 9.68 Å². The average molecular weight is 433 g/mol. The molecule has 0 aromatic rings. The topological polar surface area (TPSA) is 24.9 Å². The molecule has 0 fully saturated rings. The number of hydrogen-bond acceptors (Lipinski definition) is 4. The molecule has 0 aromatic heterocycles. The van der Waals surface area contributed by atoms with Gasteiger partial charge in [-0.25, -0.2) is 4.84 Å². The lowest BCUT2D eigenvalue weighted by Gasteiger charge is -2.32. The molecule has 0 rings (SSSR count). The molecule has 24 heavy (non-hydrogen) atoms. The Bertz CT molecular complexity index is 388. The molecule has 0 unspecified atom stereocenters. The Morgan fingerprint density at radius 1 is 0.583 bits per heavy atom. The van der Waals surface area contributed by atoms with Gasteiger partial charge in [-0.05, 0) is 0 Å². The Balaban J connectivity index is 5.20. The maximum absolute atomic E-state index is 12.1. The van der Waals surface area contributed by atoms with Gasteiger partial charge in [0, 0.05) is 10.1 Å². The van der Waals surface area contributed by atoms with Crippen molar-refractivity contribution in [2.24, 2.45) is 0 Å². The van der Waals surface area contributed by atoms with Crippen LogP contribution in [0.1, 0.15) is 0 Å². The van der Waals surface area contributed by atoms with Crippen LogP contribution in [0.15, 0.2) is 0 Å². The van der Waals surface area contributed by atoms with Crippen LogP contribution in [0.25, 0.3) is 0 Å². The van der Waals surface area contributed by atoms with Crippen LogP contribution in [0.4, 0.5) is 52.7 Å². The fourth-order valence-electron chi connectivity index (χ4n) is 0.837. The molecule has 146 valence electrons. The quantitative estimate of drug-likeness (QED) is 0.273. The van der Waals surface area contributed by atoms with E-state index in [0.29, 0.717) is 0 Å². The van der Waals surface area contributed by atoms with E-state index in [0.717, 1.165) is 0 Å². The number of nitrogens with zero attached hydrogens (tertiary/aromatic N) is 2. The van der Waals surface area contributed by atoms with Crippen molar-refractivity contribution < 1.29 is 62.4 Å². The van der Waals surface area contributed by atoms with E-state index in [1.807, 2.05) is 0 Å². The first kappa shape index (κ1) is 23.6. The Morgan fingerprint density at radius 2 is 0.875 bits per heavy atom. The minimum Gasteiger partial charge on any atom is -0.278 e. The molecule has 0 N–H and O–H groups in total. The van der Waals surface area contributed by atoms with Gasteiger partial charge < -0.3 is 0 Å². The summed E-state index contributed by atoms with van der Waals surface area (Å²) < 4.78 is 141. The highest BCUT2D eigenvalue weighted by Gasteiger charge is 2.60. The first-order valence-electron chi connectivity index (χ1n) is 4.75. The summed E-state index contributed by atoms with van der Waals surface area (Å²) in [7, 11) is 0. The fourth-order valence-corrected chi connectivity index (χ4v) is 1.07. The van der Waals surface area contributed by atoms with E-state index in [1.54, 1.807) is 0 Å². The normalized spacial score (nSPS) is 15.5. The van der Waals surface area contributed by atoms with Crippen LogP contribution in [0, 0.1) is 0 Å². The summed E-state index contributed by atoms with van der Waals surface area (Å²) in [6.07, 6.45) is -25.2. The third kappa shape index (κ3) is 7.64. The Labute approximate surface area is 133 Å². The number of alkyl halides is 14. The zero-order valence-corrected chi connectivity index (χ0v) is 11.7. The molecule has 0 aliphatic carbocycles. The lowest BCUT2D eigenvalue weighted by Crippen LogP contribution is -2.53. The van der Waals surface area contributed by atoms with Gasteiger partial charge in [0.1, 0.15) is 6.61 Å². The number of hydroxylamine groups is 4. The van der Waals surface area contributed by atoms with Crippen LogP contribution in [0.5, 0.6) is 0 Å². The van der Waals surface area contributed by atoms with E-state index in [4.69, 9.17) is 23.2 Å². The van der Waals surface area contributed by atoms with Gasteiger partial charge in [-0.1, -0.05) is 23.2 Å². The first-order valence-corrected chi connectivity index (χ1v) is 5.51. The van der Waals surface area contributed by atoms with E-state index in [9.17, 15) is 52.7 Å². The molecule has 0 bridgehead atoms. The minimum absolute atomic E-state index is 2.42. The molecular weight excluding hydrogens is 431 g/mol. The van der Waals surface area contributed by atoms with Crippen molar-refractivity contribution in [3.63, 3.8) is 0 Å². The van der Waals surface area contributed by atoms with Crippen molar-refractivity contribution in [2.45, 2.75) is 29.7 Å². The molecule has 0 amide bonds. The van der Waals surface area contributed by atoms with Crippen LogP contribution >= 0.6 is 23.2 Å². The third-order valence-electron chi connectivity index (χ3n) is 1.51. The standard InChI is InChI=1S/C6H2Cl2F12N2O2/c7-2(8,24-22(5(15,16)17)6(18,19)20)1-23-21(3(9,10)11)4(12,13)14/h1H2. The van der Waals surface area contributed by atoms with E-state index < -0.39 is 46.5 Å². The lowest BCUT2D eigenvalue weighted by molar-refractivity contribution is -0.506. The smallest absolute Gasteiger partial charge is 0.278 e. The van der Waals surface area contributed by atoms with Crippen molar-refractivity contribution >= 4 is 23.2 Å². The van der Waals surface area contributed by atoms with Gasteiger partial charge in [0.2, 0.25) is 0 Å². The molecule has 0 aliphatic heterocycles. The highest BCUT2D eigenvalue weighted by molar-refractivity contribution is 6.47. The maximum Gasteiger partial charge on any atom is 0.490 e. The second kappa shape index (κ2) is 7.06. The number of halogens is 14. The van der Waals surface area contributed by atoms with Gasteiger partial charge in [-0.2, -0.15) is 52.7 Å². The molecule has 0 radical (unpaired) electrons. The Hall–Kier alpha value is -0.420. The molecule has 0 spiro atoms. The van der Waals surface area contributed by atoms with Gasteiger partial charge in [-0.3, -0.25) is 4.84 Å². The van der Waals surface area contributed by atoms with Crippen LogP contribution in [0.2, 0.25) is 0 Å². The van der Waals surface area contributed by atoms with Crippen molar-refractivity contribution in [2.75, 3.05) is 6.61 Å². The van der Waals surface area contributed by atoms with Gasteiger partial charge in [0.05, 0.1) is 0 Å². The largest absolute Gasteiger partial charge is 0.490 e. The summed E-state index contributed by atoms with van der Waals surface area (Å²) in [6, 6.07) is 0. The monoisotopic (exact) mass is 432 g/mol. The SMILES string of the molecule is FC(F)(F)N(OCC(Cl)(Cl)ON(C(F)(F)F)C(F)(F)F)C(F)(F)F. The van der Waals surface area contributed by atoms with Gasteiger partial charge in [-0.15, -0.1) is 0 Å². The van der Waals surface area contributed by atoms with Crippen molar-refractivity contribution in [3.05, 3.63) is 0 Å². The molecular formula is C6H2Cl2F12N2O2. The molecule has 0 saturated carbocycles. The molecule has 18 heteroatoms. The molecule has 0 aliphatic rings. The predicted octanol–water partition coefficient (Wildman–Crippen LogP) is 4.66. The van der Waals surface area contributed by atoms with Gasteiger partial charge >= 0.3 is 25.2 Å². The summed E-state index contributed by atoms with van der Waals surface area (Å²) in [6.45, 7) is -2.42. The van der Waals surface area contributed by atoms with E-state index in [1.165, 1.54) is 0 Å². The van der Waals surface area contributed by atoms with Crippen molar-refractivity contribution in [1.82, 2.24) is 10.1 Å². The maximum atomic E-state index is 12.1. The molecule has 0 aromatic carbocycles. The molecule has 0 saturated heterocycles. The predicted molar refractivity (Wildman–Crippen MR) is 49.4 cm³/mol. The highest BCUT2D eigenvalue weighted by Crippen LogP contribution is 2.40. The zero-order valence-electron chi connectivity index (χ0n) is 10.2. The summed E-state index contributed by atoms with van der Waals surface area (Å²) in [5, 5.41) is -5.40. The van der Waals surface area contributed by atoms with E-state index in [-0.39, 0.29) is 0 Å². The van der Waals surface area contributed by atoms with Gasteiger partial charge in [0.25, 0.3) is 4.52 Å². The van der Waals surface area contributed by atoms with Crippen LogP contribution < -0.4 is 0 Å². The fraction of sp³-hybridized carbons (Fsp3) is 1.00. The van der Waals surface area contributed by atoms with Crippen molar-refractivity contribution in [1.29, 1.82) is 0 Å². The van der Waals surface area contributed by atoms with Crippen LogP contribution in [0.3, 0.4) is 0 Å².